The molecule has 0 bridgehead atoms. The lowest BCUT2D eigenvalue weighted by molar-refractivity contribution is -0.141. The van der Waals surface area contributed by atoms with E-state index in [1.54, 1.807) is 18.4 Å². The van der Waals surface area contributed by atoms with E-state index in [0.717, 1.165) is 0 Å². The van der Waals surface area contributed by atoms with Gasteiger partial charge in [-0.1, -0.05) is 6.07 Å². The Morgan fingerprint density at radius 1 is 1.53 bits per heavy atom. The second-order valence-electron chi connectivity index (χ2n) is 4.91. The lowest BCUT2D eigenvalue weighted by atomic mass is 10.1. The van der Waals surface area contributed by atoms with Crippen LogP contribution in [0.2, 0.25) is 0 Å². The standard InChI is InChI=1S/C14H21NO3S/c1-17-9-12(10-5-6-10)15-11(8-14(16)18-2)13-4-3-7-19-13/h3-4,7,10-12,15H,5-6,8-9H2,1-2H3. The van der Waals surface area contributed by atoms with Gasteiger partial charge in [0, 0.05) is 18.0 Å². The minimum atomic E-state index is -0.183. The van der Waals surface area contributed by atoms with E-state index in [4.69, 9.17) is 9.47 Å². The number of carbonyl (C=O) groups is 1. The fourth-order valence-electron chi connectivity index (χ4n) is 2.24. The molecule has 1 fully saturated rings. The van der Waals surface area contributed by atoms with E-state index >= 15 is 0 Å². The highest BCUT2D eigenvalue weighted by Gasteiger charge is 2.33. The average molecular weight is 283 g/mol. The summed E-state index contributed by atoms with van der Waals surface area (Å²) in [6.07, 6.45) is 2.86. The Balaban J connectivity index is 2.01. The van der Waals surface area contributed by atoms with E-state index in [-0.39, 0.29) is 12.0 Å². The van der Waals surface area contributed by atoms with Crippen LogP contribution in [0.3, 0.4) is 0 Å². The van der Waals surface area contributed by atoms with Gasteiger partial charge < -0.3 is 14.8 Å². The molecule has 5 heteroatoms. The van der Waals surface area contributed by atoms with Gasteiger partial charge in [-0.25, -0.2) is 0 Å². The van der Waals surface area contributed by atoms with Crippen molar-refractivity contribution >= 4 is 17.3 Å². The molecule has 0 amide bonds. The SMILES string of the molecule is COCC(NC(CC(=O)OC)c1cccs1)C1CC1. The van der Waals surface area contributed by atoms with E-state index in [1.807, 2.05) is 11.4 Å². The van der Waals surface area contributed by atoms with Crippen LogP contribution in [-0.4, -0.2) is 32.8 Å². The molecule has 0 radical (unpaired) electrons. The minimum Gasteiger partial charge on any atom is -0.469 e. The second kappa shape index (κ2) is 7.03. The number of ether oxygens (including phenoxy) is 2. The van der Waals surface area contributed by atoms with Crippen LogP contribution in [0.25, 0.3) is 0 Å². The minimum absolute atomic E-state index is 0.0215. The Hall–Kier alpha value is -0.910. The largest absolute Gasteiger partial charge is 0.469 e. The highest BCUT2D eigenvalue weighted by Crippen LogP contribution is 2.35. The molecule has 2 unspecified atom stereocenters. The van der Waals surface area contributed by atoms with Gasteiger partial charge in [-0.2, -0.15) is 0 Å². The van der Waals surface area contributed by atoms with Crippen molar-refractivity contribution in [1.82, 2.24) is 5.32 Å². The van der Waals surface area contributed by atoms with E-state index < -0.39 is 0 Å². The number of thiophene rings is 1. The normalized spacial score (nSPS) is 18.0. The third-order valence-corrected chi connectivity index (χ3v) is 4.42. The molecular formula is C14H21NO3S. The molecule has 0 aliphatic heterocycles. The van der Waals surface area contributed by atoms with Gasteiger partial charge >= 0.3 is 5.97 Å². The average Bonchev–Trinajstić information content (AvgIpc) is 3.11. The molecule has 2 atom stereocenters. The number of hydrogen-bond acceptors (Lipinski definition) is 5. The van der Waals surface area contributed by atoms with Gasteiger partial charge in [0.25, 0.3) is 0 Å². The maximum Gasteiger partial charge on any atom is 0.307 e. The van der Waals surface area contributed by atoms with E-state index in [9.17, 15) is 4.79 Å². The molecule has 1 aliphatic carbocycles. The molecule has 1 saturated carbocycles. The van der Waals surface area contributed by atoms with Crippen molar-refractivity contribution in [3.05, 3.63) is 22.4 Å². The van der Waals surface area contributed by atoms with Gasteiger partial charge in [0.05, 0.1) is 26.2 Å². The fourth-order valence-corrected chi connectivity index (χ4v) is 3.03. The summed E-state index contributed by atoms with van der Waals surface area (Å²) in [7, 11) is 3.15. The zero-order chi connectivity index (χ0) is 13.7. The molecule has 0 spiro atoms. The molecule has 19 heavy (non-hydrogen) atoms. The van der Waals surface area contributed by atoms with Crippen LogP contribution in [0.5, 0.6) is 0 Å². The van der Waals surface area contributed by atoms with Gasteiger partial charge in [0.15, 0.2) is 0 Å². The van der Waals surface area contributed by atoms with Crippen LogP contribution >= 0.6 is 11.3 Å². The topological polar surface area (TPSA) is 47.6 Å². The van der Waals surface area contributed by atoms with Gasteiger partial charge in [-0.05, 0) is 30.2 Å². The molecule has 0 aromatic carbocycles. The Morgan fingerprint density at radius 2 is 2.32 bits per heavy atom. The summed E-state index contributed by atoms with van der Waals surface area (Å²) in [6, 6.07) is 4.41. The molecule has 1 aromatic heterocycles. The quantitative estimate of drug-likeness (QED) is 0.744. The summed E-state index contributed by atoms with van der Waals surface area (Å²) < 4.78 is 10.1. The first kappa shape index (κ1) is 14.5. The Bertz CT molecular complexity index is 389. The summed E-state index contributed by atoms with van der Waals surface area (Å²) in [6.45, 7) is 0.688. The summed E-state index contributed by atoms with van der Waals surface area (Å²) >= 11 is 1.66. The van der Waals surface area contributed by atoms with Crippen molar-refractivity contribution in [3.8, 4) is 0 Å². The maximum absolute atomic E-state index is 11.6. The summed E-state index contributed by atoms with van der Waals surface area (Å²) in [5.41, 5.74) is 0. The molecule has 106 valence electrons. The lowest BCUT2D eigenvalue weighted by Gasteiger charge is -2.24. The second-order valence-corrected chi connectivity index (χ2v) is 5.89. The van der Waals surface area contributed by atoms with E-state index in [0.29, 0.717) is 25.0 Å². The first-order valence-corrected chi connectivity index (χ1v) is 7.47. The van der Waals surface area contributed by atoms with Gasteiger partial charge in [-0.15, -0.1) is 11.3 Å². The molecule has 1 aromatic rings. The molecule has 2 rings (SSSR count). The zero-order valence-electron chi connectivity index (χ0n) is 11.4. The third-order valence-electron chi connectivity index (χ3n) is 3.44. The highest BCUT2D eigenvalue weighted by atomic mass is 32.1. The molecule has 0 saturated heterocycles. The number of methoxy groups -OCH3 is 2. The highest BCUT2D eigenvalue weighted by molar-refractivity contribution is 7.10. The Kier molecular flexibility index (Phi) is 5.36. The molecule has 1 heterocycles. The van der Waals surface area contributed by atoms with E-state index in [2.05, 4.69) is 11.4 Å². The van der Waals surface area contributed by atoms with Crippen molar-refractivity contribution in [1.29, 1.82) is 0 Å². The van der Waals surface area contributed by atoms with Crippen molar-refractivity contribution in [2.24, 2.45) is 5.92 Å². The smallest absolute Gasteiger partial charge is 0.307 e. The van der Waals surface area contributed by atoms with Crippen LogP contribution in [-0.2, 0) is 14.3 Å². The Morgan fingerprint density at radius 3 is 2.84 bits per heavy atom. The predicted octanol–water partition coefficient (Wildman–Crippen LogP) is 2.37. The number of esters is 1. The number of rotatable bonds is 8. The first-order chi connectivity index (χ1) is 9.24. The third kappa shape index (κ3) is 4.30. The van der Waals surface area contributed by atoms with Crippen LogP contribution in [0.1, 0.15) is 30.2 Å². The van der Waals surface area contributed by atoms with Crippen molar-refractivity contribution in [2.45, 2.75) is 31.3 Å². The number of nitrogens with one attached hydrogen (secondary N) is 1. The molecule has 4 nitrogen and oxygen atoms in total. The monoisotopic (exact) mass is 283 g/mol. The van der Waals surface area contributed by atoms with Crippen LogP contribution < -0.4 is 5.32 Å². The maximum atomic E-state index is 11.6. The van der Waals surface area contributed by atoms with Crippen LogP contribution in [0.4, 0.5) is 0 Å². The van der Waals surface area contributed by atoms with E-state index in [1.165, 1.54) is 24.8 Å². The molecular weight excluding hydrogens is 262 g/mol. The number of hydrogen-bond donors (Lipinski definition) is 1. The predicted molar refractivity (Wildman–Crippen MR) is 75.2 cm³/mol. The van der Waals surface area contributed by atoms with Crippen LogP contribution in [0, 0.1) is 5.92 Å². The van der Waals surface area contributed by atoms with Crippen molar-refractivity contribution in [2.75, 3.05) is 20.8 Å². The first-order valence-electron chi connectivity index (χ1n) is 6.59. The van der Waals surface area contributed by atoms with Crippen molar-refractivity contribution in [3.63, 3.8) is 0 Å². The summed E-state index contributed by atoms with van der Waals surface area (Å²) in [5, 5.41) is 5.60. The zero-order valence-corrected chi connectivity index (χ0v) is 12.2. The van der Waals surface area contributed by atoms with Gasteiger partial charge in [-0.3, -0.25) is 4.79 Å². The fraction of sp³-hybridized carbons (Fsp3) is 0.643. The lowest BCUT2D eigenvalue weighted by Crippen LogP contribution is -2.38. The van der Waals surface area contributed by atoms with Crippen LogP contribution in [0.15, 0.2) is 17.5 Å². The summed E-state index contributed by atoms with van der Waals surface area (Å²) in [4.78, 5) is 12.7. The summed E-state index contributed by atoms with van der Waals surface area (Å²) in [5.74, 6) is 0.498. The van der Waals surface area contributed by atoms with Crippen molar-refractivity contribution < 1.29 is 14.3 Å². The number of carbonyl (C=O) groups excluding carboxylic acids is 1. The molecule has 1 N–H and O–H groups in total. The van der Waals surface area contributed by atoms with Gasteiger partial charge in [0.2, 0.25) is 0 Å². The Labute approximate surface area is 118 Å². The van der Waals surface area contributed by atoms with Gasteiger partial charge in [0.1, 0.15) is 0 Å². The molecule has 1 aliphatic rings.